The number of piperidine rings is 2. The molecule has 2 atom stereocenters. The lowest BCUT2D eigenvalue weighted by atomic mass is 10.00. The average molecular weight is 529 g/mol. The number of nitrogens with zero attached hydrogens (tertiary/aromatic N) is 5. The van der Waals surface area contributed by atoms with Gasteiger partial charge >= 0.3 is 0 Å². The van der Waals surface area contributed by atoms with Crippen molar-refractivity contribution >= 4 is 17.7 Å². The molecule has 6 rings (SSSR count). The second-order valence-electron chi connectivity index (χ2n) is 10.5. The first kappa shape index (κ1) is 25.2. The van der Waals surface area contributed by atoms with Crippen LogP contribution >= 0.6 is 0 Å². The Kier molecular flexibility index (Phi) is 7.10. The molecule has 1 N–H and O–H groups in total. The Labute approximate surface area is 226 Å². The van der Waals surface area contributed by atoms with E-state index >= 15 is 0 Å². The van der Waals surface area contributed by atoms with Crippen LogP contribution < -0.4 is 10.1 Å². The van der Waals surface area contributed by atoms with Crippen LogP contribution in [0, 0.1) is 0 Å². The lowest BCUT2D eigenvalue weighted by molar-refractivity contribution is -0.136. The summed E-state index contributed by atoms with van der Waals surface area (Å²) in [5.41, 5.74) is 3.96. The van der Waals surface area contributed by atoms with Crippen LogP contribution in [0.3, 0.4) is 0 Å². The Morgan fingerprint density at radius 2 is 1.85 bits per heavy atom. The Morgan fingerprint density at radius 3 is 2.64 bits per heavy atom. The molecule has 3 aliphatic rings. The number of rotatable bonds is 8. The van der Waals surface area contributed by atoms with Crippen molar-refractivity contribution in [1.82, 2.24) is 29.9 Å². The van der Waals surface area contributed by atoms with Crippen molar-refractivity contribution in [2.45, 2.75) is 63.8 Å². The van der Waals surface area contributed by atoms with Crippen LogP contribution in [-0.4, -0.2) is 67.5 Å². The molecule has 2 saturated heterocycles. The summed E-state index contributed by atoms with van der Waals surface area (Å²) in [4.78, 5) is 45.0. The number of benzene rings is 2. The summed E-state index contributed by atoms with van der Waals surface area (Å²) < 4.78 is 8.13. The molecule has 2 fully saturated rings. The molecule has 0 aliphatic carbocycles. The van der Waals surface area contributed by atoms with E-state index in [1.54, 1.807) is 23.6 Å². The van der Waals surface area contributed by atoms with Gasteiger partial charge in [-0.05, 0) is 60.7 Å². The summed E-state index contributed by atoms with van der Waals surface area (Å²) in [6.45, 7) is 3.46. The molecule has 10 heteroatoms. The summed E-state index contributed by atoms with van der Waals surface area (Å²) >= 11 is 0. The third-order valence-electron chi connectivity index (χ3n) is 7.98. The lowest BCUT2D eigenvalue weighted by Gasteiger charge is -2.36. The molecular formula is C29H32N6O4. The van der Waals surface area contributed by atoms with E-state index in [4.69, 9.17) is 4.74 Å². The number of fused-ring (bicyclic) bond motifs is 1. The molecule has 3 aromatic rings. The highest BCUT2D eigenvalue weighted by Crippen LogP contribution is 2.31. The van der Waals surface area contributed by atoms with Gasteiger partial charge in [-0.1, -0.05) is 30.7 Å². The first-order valence-corrected chi connectivity index (χ1v) is 13.6. The van der Waals surface area contributed by atoms with Crippen LogP contribution in [0.25, 0.3) is 0 Å². The first-order chi connectivity index (χ1) is 19.0. The van der Waals surface area contributed by atoms with E-state index < -0.39 is 11.9 Å². The first-order valence-electron chi connectivity index (χ1n) is 13.6. The van der Waals surface area contributed by atoms with Gasteiger partial charge in [-0.25, -0.2) is 9.67 Å². The van der Waals surface area contributed by atoms with Gasteiger partial charge in [0, 0.05) is 31.1 Å². The maximum atomic E-state index is 13.0. The molecule has 0 radical (unpaired) electrons. The Hall–Kier alpha value is -4.05. The van der Waals surface area contributed by atoms with Crippen molar-refractivity contribution in [3.8, 4) is 5.75 Å². The molecule has 202 valence electrons. The predicted octanol–water partition coefficient (Wildman–Crippen LogP) is 2.52. The third-order valence-corrected chi connectivity index (χ3v) is 7.98. The molecule has 0 bridgehead atoms. The molecule has 1 aromatic heterocycles. The van der Waals surface area contributed by atoms with Crippen molar-refractivity contribution in [3.05, 3.63) is 77.4 Å². The molecule has 3 aliphatic heterocycles. The fourth-order valence-corrected chi connectivity index (χ4v) is 5.86. The maximum absolute atomic E-state index is 13.0. The smallest absolute Gasteiger partial charge is 0.255 e. The van der Waals surface area contributed by atoms with E-state index in [1.165, 1.54) is 24.0 Å². The van der Waals surface area contributed by atoms with Crippen molar-refractivity contribution in [2.24, 2.45) is 0 Å². The zero-order valence-electron chi connectivity index (χ0n) is 21.8. The van der Waals surface area contributed by atoms with E-state index in [9.17, 15) is 14.4 Å². The molecule has 2 aromatic carbocycles. The number of likely N-dealkylation sites (tertiary alicyclic amines) is 1. The van der Waals surface area contributed by atoms with E-state index in [2.05, 4.69) is 44.6 Å². The van der Waals surface area contributed by atoms with Crippen molar-refractivity contribution in [2.75, 3.05) is 13.2 Å². The SMILES string of the molecule is O=C1CCC(N2Cc3cc(OC[C@H]4CCCCN4Cc4ccccc4Cn4cncn4)ccc3C2=O)C(=O)N1. The van der Waals surface area contributed by atoms with E-state index in [0.717, 1.165) is 30.8 Å². The van der Waals surface area contributed by atoms with Crippen LogP contribution in [0.1, 0.15) is 59.2 Å². The molecule has 3 amide bonds. The van der Waals surface area contributed by atoms with Gasteiger partial charge in [0.05, 0.1) is 6.54 Å². The molecule has 1 unspecified atom stereocenters. The highest BCUT2D eigenvalue weighted by Gasteiger charge is 2.39. The fraction of sp³-hybridized carbons (Fsp3) is 0.414. The van der Waals surface area contributed by atoms with E-state index in [1.807, 2.05) is 16.8 Å². The predicted molar refractivity (Wildman–Crippen MR) is 142 cm³/mol. The highest BCUT2D eigenvalue weighted by molar-refractivity contribution is 6.05. The summed E-state index contributed by atoms with van der Waals surface area (Å²) in [7, 11) is 0. The number of ether oxygens (including phenoxy) is 1. The van der Waals surface area contributed by atoms with Crippen LogP contribution in [-0.2, 0) is 29.2 Å². The lowest BCUT2D eigenvalue weighted by Crippen LogP contribution is -2.52. The number of carbonyl (C=O) groups excluding carboxylic acids is 3. The summed E-state index contributed by atoms with van der Waals surface area (Å²) in [5.74, 6) is -0.131. The number of imide groups is 1. The summed E-state index contributed by atoms with van der Waals surface area (Å²) in [5, 5.41) is 6.61. The van der Waals surface area contributed by atoms with Gasteiger partial charge in [0.25, 0.3) is 5.91 Å². The molecule has 0 spiro atoms. The fourth-order valence-electron chi connectivity index (χ4n) is 5.86. The molecule has 10 nitrogen and oxygen atoms in total. The zero-order chi connectivity index (χ0) is 26.8. The second-order valence-corrected chi connectivity index (χ2v) is 10.5. The molecule has 4 heterocycles. The average Bonchev–Trinajstić information content (AvgIpc) is 3.57. The number of hydrogen-bond acceptors (Lipinski definition) is 7. The number of aromatic nitrogens is 3. The topological polar surface area (TPSA) is 110 Å². The van der Waals surface area contributed by atoms with Crippen LogP contribution in [0.5, 0.6) is 5.75 Å². The van der Waals surface area contributed by atoms with Gasteiger partial charge in [-0.2, -0.15) is 5.10 Å². The van der Waals surface area contributed by atoms with Crippen molar-refractivity contribution in [3.63, 3.8) is 0 Å². The van der Waals surface area contributed by atoms with Crippen molar-refractivity contribution < 1.29 is 19.1 Å². The van der Waals surface area contributed by atoms with Gasteiger partial charge < -0.3 is 9.64 Å². The van der Waals surface area contributed by atoms with Crippen LogP contribution in [0.2, 0.25) is 0 Å². The van der Waals surface area contributed by atoms with Gasteiger partial charge in [0.15, 0.2) is 0 Å². The van der Waals surface area contributed by atoms with Gasteiger partial charge in [-0.3, -0.25) is 24.6 Å². The second kappa shape index (κ2) is 11.0. The third kappa shape index (κ3) is 5.42. The number of amides is 3. The Balaban J connectivity index is 1.10. The number of nitrogens with one attached hydrogen (secondary N) is 1. The molecule has 0 saturated carbocycles. The van der Waals surface area contributed by atoms with Gasteiger partial charge in [-0.15, -0.1) is 0 Å². The minimum Gasteiger partial charge on any atom is -0.492 e. The largest absolute Gasteiger partial charge is 0.492 e. The van der Waals surface area contributed by atoms with E-state index in [-0.39, 0.29) is 24.3 Å². The van der Waals surface area contributed by atoms with Crippen LogP contribution in [0.4, 0.5) is 0 Å². The van der Waals surface area contributed by atoms with Gasteiger partial charge in [0.1, 0.15) is 31.1 Å². The van der Waals surface area contributed by atoms with E-state index in [0.29, 0.717) is 31.7 Å². The number of hydrogen-bond donors (Lipinski definition) is 1. The van der Waals surface area contributed by atoms with Gasteiger partial charge in [0.2, 0.25) is 11.8 Å². The monoisotopic (exact) mass is 528 g/mol. The maximum Gasteiger partial charge on any atom is 0.255 e. The minimum absolute atomic E-state index is 0.172. The summed E-state index contributed by atoms with van der Waals surface area (Å²) in [6, 6.07) is 13.7. The van der Waals surface area contributed by atoms with Crippen molar-refractivity contribution in [1.29, 1.82) is 0 Å². The quantitative estimate of drug-likeness (QED) is 0.448. The number of carbonyl (C=O) groups is 3. The standard InChI is InChI=1S/C29H32N6O4/c36-27-11-10-26(28(37)32-27)35-16-22-13-24(8-9-25(22)29(35)38)39-17-23-7-3-4-12-33(23)14-20-5-1-2-6-21(20)15-34-19-30-18-31-34/h1-2,5-6,8-9,13,18-19,23,26H,3-4,7,10-12,14-17H2,(H,32,36,37)/t23-,26?/m1/s1. The van der Waals surface area contributed by atoms with Crippen LogP contribution in [0.15, 0.2) is 55.1 Å². The Bertz CT molecular complexity index is 1370. The highest BCUT2D eigenvalue weighted by atomic mass is 16.5. The minimum atomic E-state index is -0.616. The summed E-state index contributed by atoms with van der Waals surface area (Å²) in [6.07, 6.45) is 7.30. The zero-order valence-corrected chi connectivity index (χ0v) is 21.8. The Morgan fingerprint density at radius 1 is 1.00 bits per heavy atom. The molecule has 39 heavy (non-hydrogen) atoms. The normalized spacial score (nSPS) is 21.6. The molecular weight excluding hydrogens is 496 g/mol.